The minimum Gasteiger partial charge on any atom is -0.0771 e. The predicted octanol–water partition coefficient (Wildman–Crippen LogP) is 4.61. The van der Waals surface area contributed by atoms with Crippen LogP contribution in [0.25, 0.3) is 0 Å². The molecule has 0 bridgehead atoms. The van der Waals surface area contributed by atoms with Gasteiger partial charge in [0.1, 0.15) is 0 Å². The van der Waals surface area contributed by atoms with Crippen molar-refractivity contribution >= 4 is 17.6 Å². The Morgan fingerprint density at radius 3 is 2.07 bits per heavy atom. The molecule has 0 amide bonds. The molecule has 2 radical (unpaired) electrons. The van der Waals surface area contributed by atoms with E-state index in [9.17, 15) is 0 Å². The molecule has 0 heterocycles. The SMILES string of the molecule is CC[Si]C(C)/C(C)=C(/C)C[Si](C)(C)C. The van der Waals surface area contributed by atoms with E-state index in [1.54, 1.807) is 11.1 Å². The molecule has 82 valence electrons. The highest BCUT2D eigenvalue weighted by atomic mass is 28.3. The molecule has 0 saturated carbocycles. The van der Waals surface area contributed by atoms with Crippen LogP contribution in [0.15, 0.2) is 11.1 Å². The number of allylic oxidation sites excluding steroid dienone is 2. The van der Waals surface area contributed by atoms with Gasteiger partial charge in [0.2, 0.25) is 0 Å². The zero-order valence-electron chi connectivity index (χ0n) is 11.0. The molecule has 0 saturated heterocycles. The maximum atomic E-state index is 2.45. The Kier molecular flexibility index (Phi) is 5.98. The lowest BCUT2D eigenvalue weighted by Gasteiger charge is -2.20. The smallest absolute Gasteiger partial charge is 0.0483 e. The fraction of sp³-hybridized carbons (Fsp3) is 0.833. The molecule has 0 nitrogen and oxygen atoms in total. The lowest BCUT2D eigenvalue weighted by Crippen LogP contribution is -2.20. The third-order valence-electron chi connectivity index (χ3n) is 2.63. The van der Waals surface area contributed by atoms with Gasteiger partial charge < -0.3 is 0 Å². The summed E-state index contributed by atoms with van der Waals surface area (Å²) in [5.74, 6) is 0. The van der Waals surface area contributed by atoms with Gasteiger partial charge in [0, 0.05) is 17.6 Å². The highest BCUT2D eigenvalue weighted by Crippen LogP contribution is 2.25. The van der Waals surface area contributed by atoms with Crippen LogP contribution in [0.4, 0.5) is 0 Å². The summed E-state index contributed by atoms with van der Waals surface area (Å²) in [6.07, 6.45) is 0. The van der Waals surface area contributed by atoms with E-state index in [0.29, 0.717) is 0 Å². The standard InChI is InChI=1S/C12H26Si2/c1-8-13-12(4)11(3)10(2)9-14(5,6)7/h12H,8-9H2,1-7H3/b11-10-. The molecule has 0 aliphatic rings. The Bertz CT molecular complexity index is 199. The molecular formula is C12H26Si2. The molecule has 1 unspecified atom stereocenters. The van der Waals surface area contributed by atoms with Crippen LogP contribution in [-0.4, -0.2) is 17.6 Å². The third-order valence-corrected chi connectivity index (χ3v) is 5.67. The molecule has 1 atom stereocenters. The summed E-state index contributed by atoms with van der Waals surface area (Å²) >= 11 is 0. The Labute approximate surface area is 94.0 Å². The van der Waals surface area contributed by atoms with Crippen LogP contribution < -0.4 is 0 Å². The normalized spacial score (nSPS) is 16.5. The second kappa shape index (κ2) is 5.91. The zero-order valence-corrected chi connectivity index (χ0v) is 13.0. The first kappa shape index (κ1) is 14.2. The summed E-state index contributed by atoms with van der Waals surface area (Å²) < 4.78 is 0. The maximum Gasteiger partial charge on any atom is 0.0483 e. The molecular weight excluding hydrogens is 200 g/mol. The summed E-state index contributed by atoms with van der Waals surface area (Å²) in [5, 5.41) is 0. The van der Waals surface area contributed by atoms with Crippen molar-refractivity contribution in [3.05, 3.63) is 11.1 Å². The van der Waals surface area contributed by atoms with Crippen LogP contribution >= 0.6 is 0 Å². The Morgan fingerprint density at radius 2 is 1.71 bits per heavy atom. The zero-order chi connectivity index (χ0) is 11.4. The van der Waals surface area contributed by atoms with Crippen LogP contribution in [0.2, 0.25) is 37.3 Å². The van der Waals surface area contributed by atoms with E-state index in [1.165, 1.54) is 12.1 Å². The molecule has 0 fully saturated rings. The van der Waals surface area contributed by atoms with E-state index in [4.69, 9.17) is 0 Å². The van der Waals surface area contributed by atoms with Crippen molar-refractivity contribution in [3.63, 3.8) is 0 Å². The summed E-state index contributed by atoms with van der Waals surface area (Å²) in [6.45, 7) is 16.7. The van der Waals surface area contributed by atoms with Crippen LogP contribution in [0.3, 0.4) is 0 Å². The van der Waals surface area contributed by atoms with Gasteiger partial charge in [0.05, 0.1) is 0 Å². The van der Waals surface area contributed by atoms with E-state index < -0.39 is 8.07 Å². The predicted molar refractivity (Wildman–Crippen MR) is 72.2 cm³/mol. The quantitative estimate of drug-likeness (QED) is 0.474. The van der Waals surface area contributed by atoms with Gasteiger partial charge in [-0.3, -0.25) is 0 Å². The van der Waals surface area contributed by atoms with Gasteiger partial charge in [-0.1, -0.05) is 50.7 Å². The van der Waals surface area contributed by atoms with E-state index >= 15 is 0 Å². The summed E-state index contributed by atoms with van der Waals surface area (Å²) in [7, 11) is 0.199. The second-order valence-corrected chi connectivity index (χ2v) is 12.9. The molecule has 0 aromatic heterocycles. The van der Waals surface area contributed by atoms with Gasteiger partial charge in [0.15, 0.2) is 0 Å². The van der Waals surface area contributed by atoms with Crippen LogP contribution in [0.5, 0.6) is 0 Å². The van der Waals surface area contributed by atoms with Crippen LogP contribution in [0, 0.1) is 0 Å². The highest BCUT2D eigenvalue weighted by molar-refractivity contribution is 6.76. The van der Waals surface area contributed by atoms with E-state index in [-0.39, 0.29) is 0 Å². The average Bonchev–Trinajstić information content (AvgIpc) is 2.00. The first-order chi connectivity index (χ1) is 6.28. The van der Waals surface area contributed by atoms with Crippen molar-refractivity contribution < 1.29 is 0 Å². The topological polar surface area (TPSA) is 0 Å². The highest BCUT2D eigenvalue weighted by Gasteiger charge is 2.16. The molecule has 0 aliphatic carbocycles. The van der Waals surface area contributed by atoms with Gasteiger partial charge in [0.25, 0.3) is 0 Å². The lowest BCUT2D eigenvalue weighted by molar-refractivity contribution is 1.02. The number of hydrogen-bond acceptors (Lipinski definition) is 0. The van der Waals surface area contributed by atoms with Crippen molar-refractivity contribution in [1.82, 2.24) is 0 Å². The fourth-order valence-corrected chi connectivity index (χ4v) is 4.80. The number of rotatable bonds is 5. The van der Waals surface area contributed by atoms with Gasteiger partial charge in [-0.2, -0.15) is 0 Å². The second-order valence-electron chi connectivity index (χ2n) is 5.48. The monoisotopic (exact) mass is 226 g/mol. The number of hydrogen-bond donors (Lipinski definition) is 0. The molecule has 0 N–H and O–H groups in total. The minimum atomic E-state index is -0.907. The minimum absolute atomic E-state index is 0.816. The van der Waals surface area contributed by atoms with E-state index in [0.717, 1.165) is 15.1 Å². The Morgan fingerprint density at radius 1 is 1.21 bits per heavy atom. The Balaban J connectivity index is 4.42. The van der Waals surface area contributed by atoms with Crippen molar-refractivity contribution in [3.8, 4) is 0 Å². The summed E-state index contributed by atoms with van der Waals surface area (Å²) in [6, 6.07) is 2.70. The maximum absolute atomic E-state index is 2.45. The van der Waals surface area contributed by atoms with Gasteiger partial charge >= 0.3 is 0 Å². The van der Waals surface area contributed by atoms with Crippen molar-refractivity contribution in [2.75, 3.05) is 0 Å². The largest absolute Gasteiger partial charge is 0.0771 e. The van der Waals surface area contributed by atoms with Crippen LogP contribution in [0.1, 0.15) is 27.7 Å². The van der Waals surface area contributed by atoms with Gasteiger partial charge in [-0.15, -0.1) is 0 Å². The van der Waals surface area contributed by atoms with Gasteiger partial charge in [-0.05, 0) is 25.4 Å². The van der Waals surface area contributed by atoms with E-state index in [2.05, 4.69) is 47.3 Å². The summed E-state index contributed by atoms with van der Waals surface area (Å²) in [4.78, 5) is 0. The molecule has 0 rings (SSSR count). The third kappa shape index (κ3) is 5.81. The molecule has 0 spiro atoms. The Hall–Kier alpha value is 0.174. The average molecular weight is 227 g/mol. The molecule has 0 aromatic rings. The molecule has 0 aliphatic heterocycles. The first-order valence-corrected chi connectivity index (χ1v) is 10.7. The first-order valence-electron chi connectivity index (χ1n) is 5.67. The van der Waals surface area contributed by atoms with Crippen molar-refractivity contribution in [1.29, 1.82) is 0 Å². The lowest BCUT2D eigenvalue weighted by atomic mass is 10.1. The summed E-state index contributed by atoms with van der Waals surface area (Å²) in [5.41, 5.74) is 4.14. The van der Waals surface area contributed by atoms with Crippen LogP contribution in [-0.2, 0) is 0 Å². The molecule has 0 aromatic carbocycles. The van der Waals surface area contributed by atoms with E-state index in [1.807, 2.05) is 0 Å². The molecule has 14 heavy (non-hydrogen) atoms. The van der Waals surface area contributed by atoms with Crippen molar-refractivity contribution in [2.45, 2.75) is 65.0 Å². The molecule has 2 heteroatoms. The van der Waals surface area contributed by atoms with Crippen molar-refractivity contribution in [2.24, 2.45) is 0 Å². The van der Waals surface area contributed by atoms with Gasteiger partial charge in [-0.25, -0.2) is 0 Å². The fourth-order valence-electron chi connectivity index (χ4n) is 1.76.